The Hall–Kier alpha value is -1.23. The normalized spacial score (nSPS) is 23.0. The lowest BCUT2D eigenvalue weighted by Gasteiger charge is -2.22. The third-order valence-corrected chi connectivity index (χ3v) is 4.70. The number of carbonyl (C=O) groups is 1. The van der Waals surface area contributed by atoms with E-state index in [2.05, 4.69) is 12.2 Å². The number of nitrogens with one attached hydrogen (secondary N) is 1. The van der Waals surface area contributed by atoms with Gasteiger partial charge in [0.05, 0.1) is 5.56 Å². The summed E-state index contributed by atoms with van der Waals surface area (Å²) in [5, 5.41) is 2.79. The molecule has 1 amide bonds. The number of nitrogens with two attached hydrogens (primary N) is 1. The van der Waals surface area contributed by atoms with Crippen molar-refractivity contribution in [3.63, 3.8) is 0 Å². The Balaban J connectivity index is 2.01. The molecule has 1 fully saturated rings. The molecule has 0 spiro atoms. The second-order valence-corrected chi connectivity index (χ2v) is 6.51. The average molecular weight is 268 g/mol. The quantitative estimate of drug-likeness (QED) is 0.828. The first kappa shape index (κ1) is 13.2. The number of anilines is 1. The highest BCUT2D eigenvalue weighted by Crippen LogP contribution is 2.37. The van der Waals surface area contributed by atoms with Gasteiger partial charge in [-0.25, -0.2) is 4.39 Å². The van der Waals surface area contributed by atoms with Crippen molar-refractivity contribution < 1.29 is 9.18 Å². The summed E-state index contributed by atoms with van der Waals surface area (Å²) in [4.78, 5) is 11.9. The summed E-state index contributed by atoms with van der Waals surface area (Å²) in [5.74, 6) is 0.193. The van der Waals surface area contributed by atoms with Crippen LogP contribution in [-0.4, -0.2) is 23.0 Å². The number of nitrogen functional groups attached to an aromatic ring is 1. The Labute approximate surface area is 110 Å². The van der Waals surface area contributed by atoms with Gasteiger partial charge in [0.2, 0.25) is 0 Å². The number of thioether (sulfide) groups is 1. The minimum Gasteiger partial charge on any atom is -0.399 e. The van der Waals surface area contributed by atoms with Crippen LogP contribution >= 0.6 is 11.8 Å². The molecule has 1 aliphatic rings. The lowest BCUT2D eigenvalue weighted by atomic mass is 10.1. The number of benzene rings is 1. The lowest BCUT2D eigenvalue weighted by molar-refractivity contribution is 0.0946. The van der Waals surface area contributed by atoms with Crippen LogP contribution in [0.5, 0.6) is 0 Å². The molecule has 2 rings (SSSR count). The van der Waals surface area contributed by atoms with Crippen LogP contribution in [-0.2, 0) is 0 Å². The first-order valence-corrected chi connectivity index (χ1v) is 6.96. The molecule has 98 valence electrons. The molecule has 18 heavy (non-hydrogen) atoms. The molecule has 1 unspecified atom stereocenters. The van der Waals surface area contributed by atoms with Gasteiger partial charge in [-0.2, -0.15) is 11.8 Å². The topological polar surface area (TPSA) is 55.1 Å². The van der Waals surface area contributed by atoms with Crippen molar-refractivity contribution in [1.29, 1.82) is 0 Å². The molecule has 3 nitrogen and oxygen atoms in total. The third kappa shape index (κ3) is 2.96. The zero-order chi connectivity index (χ0) is 13.2. The van der Waals surface area contributed by atoms with Gasteiger partial charge in [0, 0.05) is 17.0 Å². The van der Waals surface area contributed by atoms with Crippen LogP contribution in [0.3, 0.4) is 0 Å². The van der Waals surface area contributed by atoms with Crippen LogP contribution in [0.4, 0.5) is 10.1 Å². The van der Waals surface area contributed by atoms with Crippen molar-refractivity contribution in [2.24, 2.45) is 0 Å². The molecule has 1 aromatic carbocycles. The van der Waals surface area contributed by atoms with E-state index < -0.39 is 11.7 Å². The molecule has 1 saturated heterocycles. The maximum absolute atomic E-state index is 13.5. The van der Waals surface area contributed by atoms with Crippen LogP contribution in [0.1, 0.15) is 30.1 Å². The SMILES string of the molecule is CC1(CNC(=O)c2cc(N)ccc2F)CCCS1. The second-order valence-electron chi connectivity index (χ2n) is 4.82. The smallest absolute Gasteiger partial charge is 0.254 e. The number of hydrogen-bond acceptors (Lipinski definition) is 3. The van der Waals surface area contributed by atoms with Crippen LogP contribution in [0.15, 0.2) is 18.2 Å². The van der Waals surface area contributed by atoms with Crippen molar-refractivity contribution in [2.75, 3.05) is 18.0 Å². The fourth-order valence-corrected chi connectivity index (χ4v) is 3.30. The van der Waals surface area contributed by atoms with E-state index in [0.29, 0.717) is 12.2 Å². The molecule has 0 bridgehead atoms. The Bertz CT molecular complexity index is 458. The van der Waals surface area contributed by atoms with Gasteiger partial charge in [-0.3, -0.25) is 4.79 Å². The first-order valence-electron chi connectivity index (χ1n) is 5.97. The zero-order valence-corrected chi connectivity index (χ0v) is 11.1. The third-order valence-electron chi connectivity index (χ3n) is 3.16. The van der Waals surface area contributed by atoms with E-state index in [9.17, 15) is 9.18 Å². The molecular formula is C13H17FN2OS. The number of amides is 1. The van der Waals surface area contributed by atoms with Crippen LogP contribution in [0.25, 0.3) is 0 Å². The molecule has 0 aromatic heterocycles. The standard InChI is InChI=1S/C13H17FN2OS/c1-13(5-2-6-18-13)8-16-12(17)10-7-9(15)3-4-11(10)14/h3-4,7H,2,5-6,8,15H2,1H3,(H,16,17). The maximum Gasteiger partial charge on any atom is 0.254 e. The molecule has 0 aliphatic carbocycles. The Morgan fingerprint density at radius 3 is 3.06 bits per heavy atom. The summed E-state index contributed by atoms with van der Waals surface area (Å²) in [6.45, 7) is 2.69. The molecule has 3 N–H and O–H groups in total. The number of carbonyl (C=O) groups excluding carboxylic acids is 1. The first-order chi connectivity index (χ1) is 8.50. The van der Waals surface area contributed by atoms with Crippen molar-refractivity contribution >= 4 is 23.4 Å². The summed E-state index contributed by atoms with van der Waals surface area (Å²) in [5.41, 5.74) is 5.97. The molecule has 0 saturated carbocycles. The van der Waals surface area contributed by atoms with Crippen molar-refractivity contribution in [3.05, 3.63) is 29.6 Å². The number of hydrogen-bond donors (Lipinski definition) is 2. The van der Waals surface area contributed by atoms with E-state index >= 15 is 0 Å². The number of halogens is 1. The number of rotatable bonds is 3. The molecule has 1 aromatic rings. The Morgan fingerprint density at radius 2 is 2.39 bits per heavy atom. The predicted molar refractivity (Wildman–Crippen MR) is 73.2 cm³/mol. The summed E-state index contributed by atoms with van der Waals surface area (Å²) in [6.07, 6.45) is 2.25. The van der Waals surface area contributed by atoms with Crippen molar-refractivity contribution in [1.82, 2.24) is 5.32 Å². The van der Waals surface area contributed by atoms with Crippen LogP contribution in [0, 0.1) is 5.82 Å². The van der Waals surface area contributed by atoms with Crippen LogP contribution in [0.2, 0.25) is 0 Å². The zero-order valence-electron chi connectivity index (χ0n) is 10.3. The van der Waals surface area contributed by atoms with Gasteiger partial charge in [-0.15, -0.1) is 0 Å². The summed E-state index contributed by atoms with van der Waals surface area (Å²) in [7, 11) is 0. The molecule has 5 heteroatoms. The highest BCUT2D eigenvalue weighted by Gasteiger charge is 2.30. The minimum atomic E-state index is -0.536. The molecule has 1 aliphatic heterocycles. The van der Waals surface area contributed by atoms with Gasteiger partial charge >= 0.3 is 0 Å². The average Bonchev–Trinajstić information content (AvgIpc) is 2.77. The van der Waals surface area contributed by atoms with Gasteiger partial charge in [-0.1, -0.05) is 0 Å². The summed E-state index contributed by atoms with van der Waals surface area (Å²) < 4.78 is 13.6. The van der Waals surface area contributed by atoms with Crippen LogP contribution < -0.4 is 11.1 Å². The highest BCUT2D eigenvalue weighted by molar-refractivity contribution is 8.00. The Morgan fingerprint density at radius 1 is 1.61 bits per heavy atom. The highest BCUT2D eigenvalue weighted by atomic mass is 32.2. The summed E-state index contributed by atoms with van der Waals surface area (Å²) >= 11 is 1.86. The Kier molecular flexibility index (Phi) is 3.80. The van der Waals surface area contributed by atoms with E-state index in [1.807, 2.05) is 11.8 Å². The largest absolute Gasteiger partial charge is 0.399 e. The van der Waals surface area contributed by atoms with Crippen molar-refractivity contribution in [2.45, 2.75) is 24.5 Å². The monoisotopic (exact) mass is 268 g/mol. The fraction of sp³-hybridized carbons (Fsp3) is 0.462. The van der Waals surface area contributed by atoms with E-state index in [1.165, 1.54) is 24.6 Å². The molecule has 1 heterocycles. The summed E-state index contributed by atoms with van der Waals surface area (Å²) in [6, 6.07) is 4.03. The van der Waals surface area contributed by atoms with Gasteiger partial charge in [0.1, 0.15) is 5.82 Å². The van der Waals surface area contributed by atoms with Gasteiger partial charge in [0.15, 0.2) is 0 Å². The van der Waals surface area contributed by atoms with Gasteiger partial charge < -0.3 is 11.1 Å². The van der Waals surface area contributed by atoms with Gasteiger partial charge in [-0.05, 0) is 43.7 Å². The van der Waals surface area contributed by atoms with Crippen molar-refractivity contribution in [3.8, 4) is 0 Å². The molecule has 1 atom stereocenters. The van der Waals surface area contributed by atoms with E-state index in [4.69, 9.17) is 5.73 Å². The molecular weight excluding hydrogens is 251 g/mol. The van der Waals surface area contributed by atoms with Gasteiger partial charge in [0.25, 0.3) is 5.91 Å². The predicted octanol–water partition coefficient (Wildman–Crippen LogP) is 2.42. The fourth-order valence-electron chi connectivity index (χ4n) is 2.06. The molecule has 0 radical (unpaired) electrons. The second kappa shape index (κ2) is 5.18. The van der Waals surface area contributed by atoms with E-state index in [-0.39, 0.29) is 10.3 Å². The maximum atomic E-state index is 13.5. The lowest BCUT2D eigenvalue weighted by Crippen LogP contribution is -2.37. The van der Waals surface area contributed by atoms with E-state index in [0.717, 1.165) is 12.2 Å². The minimum absolute atomic E-state index is 0.0154. The van der Waals surface area contributed by atoms with E-state index in [1.54, 1.807) is 0 Å².